The lowest BCUT2D eigenvalue weighted by molar-refractivity contribution is 0.309. The molecular formula is C15H13BrFN5O5S. The third-order valence-electron chi connectivity index (χ3n) is 4.36. The highest BCUT2D eigenvalue weighted by Crippen LogP contribution is 2.27. The van der Waals surface area contributed by atoms with Crippen molar-refractivity contribution >= 4 is 31.6 Å². The molecule has 0 amide bonds. The van der Waals surface area contributed by atoms with Crippen LogP contribution in [0.15, 0.2) is 36.6 Å². The van der Waals surface area contributed by atoms with Gasteiger partial charge in [-0.05, 0) is 57.3 Å². The van der Waals surface area contributed by atoms with Gasteiger partial charge in [-0.15, -0.1) is 0 Å². The molecule has 0 aliphatic carbocycles. The van der Waals surface area contributed by atoms with Gasteiger partial charge in [0.15, 0.2) is 5.69 Å². The second kappa shape index (κ2) is 7.13. The number of nitrogens with one attached hydrogen (secondary N) is 1. The van der Waals surface area contributed by atoms with Gasteiger partial charge in [-0.3, -0.25) is 4.52 Å². The summed E-state index contributed by atoms with van der Waals surface area (Å²) < 4.78 is 47.5. The molecule has 1 N–H and O–H groups in total. The zero-order valence-electron chi connectivity index (χ0n) is 14.1. The predicted molar refractivity (Wildman–Crippen MR) is 98.3 cm³/mol. The van der Waals surface area contributed by atoms with Crippen LogP contribution in [0.3, 0.4) is 0 Å². The fourth-order valence-electron chi connectivity index (χ4n) is 2.91. The molecule has 1 saturated heterocycles. The van der Waals surface area contributed by atoms with E-state index in [1.807, 2.05) is 0 Å². The molecule has 148 valence electrons. The predicted octanol–water partition coefficient (Wildman–Crippen LogP) is 1.77. The van der Waals surface area contributed by atoms with E-state index in [9.17, 15) is 17.6 Å². The van der Waals surface area contributed by atoms with Crippen LogP contribution in [0.25, 0.3) is 17.2 Å². The zero-order valence-corrected chi connectivity index (χ0v) is 16.5. The highest BCUT2D eigenvalue weighted by Gasteiger charge is 2.28. The lowest BCUT2D eigenvalue weighted by Gasteiger charge is -2.22. The lowest BCUT2D eigenvalue weighted by Crippen LogP contribution is -2.32. The summed E-state index contributed by atoms with van der Waals surface area (Å²) in [5, 5.41) is 14.4. The average molecular weight is 474 g/mol. The second-order valence-electron chi connectivity index (χ2n) is 6.24. The van der Waals surface area contributed by atoms with Crippen molar-refractivity contribution in [3.8, 4) is 17.2 Å². The van der Waals surface area contributed by atoms with Crippen LogP contribution in [0, 0.1) is 5.82 Å². The van der Waals surface area contributed by atoms with E-state index in [1.165, 1.54) is 18.2 Å². The molecule has 1 fully saturated rings. The normalized spacial score (nSPS) is 16.9. The topological polar surface area (TPSA) is 133 Å². The van der Waals surface area contributed by atoms with Crippen molar-refractivity contribution in [2.75, 3.05) is 16.8 Å². The summed E-state index contributed by atoms with van der Waals surface area (Å²) in [6.45, 7) is 0. The van der Waals surface area contributed by atoms with E-state index in [-0.39, 0.29) is 39.4 Å². The van der Waals surface area contributed by atoms with Gasteiger partial charge in [0, 0.05) is 6.04 Å². The first-order valence-corrected chi connectivity index (χ1v) is 10.8. The van der Waals surface area contributed by atoms with Crippen molar-refractivity contribution in [3.63, 3.8) is 0 Å². The Kier molecular flexibility index (Phi) is 4.79. The Bertz CT molecular complexity index is 1170. The molecule has 0 saturated carbocycles. The number of hydrogen-bond acceptors (Lipinski definition) is 9. The molecule has 1 aromatic carbocycles. The van der Waals surface area contributed by atoms with Crippen LogP contribution in [-0.4, -0.2) is 46.0 Å². The standard InChI is InChI=1S/C15H13BrFN5O5S/c16-10-7-9(1-2-11(10)17)22-14(21-26-15(22)23)12-13(20-27-19-12)18-8-3-5-28(24,25)6-4-8/h1-2,7-8H,3-6H2,(H,18,20). The summed E-state index contributed by atoms with van der Waals surface area (Å²) in [6, 6.07) is 3.81. The Hall–Kier alpha value is -2.54. The molecule has 1 aliphatic heterocycles. The van der Waals surface area contributed by atoms with Gasteiger partial charge in [0.2, 0.25) is 11.6 Å². The Morgan fingerprint density at radius 2 is 1.96 bits per heavy atom. The smallest absolute Gasteiger partial charge is 0.362 e. The number of benzene rings is 1. The van der Waals surface area contributed by atoms with Crippen molar-refractivity contribution in [1.82, 2.24) is 20.0 Å². The van der Waals surface area contributed by atoms with Gasteiger partial charge in [0.25, 0.3) is 0 Å². The minimum absolute atomic E-state index is 0.00990. The van der Waals surface area contributed by atoms with Gasteiger partial charge in [-0.1, -0.05) is 5.16 Å². The first-order chi connectivity index (χ1) is 13.3. The van der Waals surface area contributed by atoms with E-state index in [1.54, 1.807) is 0 Å². The van der Waals surface area contributed by atoms with Crippen LogP contribution in [0.2, 0.25) is 0 Å². The van der Waals surface area contributed by atoms with E-state index >= 15 is 0 Å². The van der Waals surface area contributed by atoms with Crippen molar-refractivity contribution in [1.29, 1.82) is 0 Å². The number of rotatable bonds is 4. The van der Waals surface area contributed by atoms with Crippen molar-refractivity contribution in [2.24, 2.45) is 0 Å². The number of halogens is 2. The van der Waals surface area contributed by atoms with Gasteiger partial charge in [0.1, 0.15) is 15.7 Å². The number of hydrogen-bond donors (Lipinski definition) is 1. The van der Waals surface area contributed by atoms with E-state index in [2.05, 4.69) is 36.7 Å². The molecule has 1 aliphatic rings. The first-order valence-electron chi connectivity index (χ1n) is 8.18. The first kappa shape index (κ1) is 18.8. The largest absolute Gasteiger partial charge is 0.446 e. The van der Waals surface area contributed by atoms with Crippen LogP contribution in [-0.2, 0) is 9.84 Å². The van der Waals surface area contributed by atoms with E-state index in [4.69, 9.17) is 9.15 Å². The van der Waals surface area contributed by atoms with Gasteiger partial charge in [0.05, 0.1) is 21.7 Å². The maximum atomic E-state index is 13.5. The number of nitrogens with zero attached hydrogens (tertiary/aromatic N) is 4. The lowest BCUT2D eigenvalue weighted by atomic mass is 10.1. The molecule has 0 radical (unpaired) electrons. The molecular weight excluding hydrogens is 461 g/mol. The molecule has 13 heteroatoms. The van der Waals surface area contributed by atoms with Crippen LogP contribution >= 0.6 is 15.9 Å². The number of aromatic nitrogens is 4. The van der Waals surface area contributed by atoms with Crippen molar-refractivity contribution in [3.05, 3.63) is 39.0 Å². The number of sulfone groups is 1. The van der Waals surface area contributed by atoms with Gasteiger partial charge in [-0.25, -0.2) is 26.8 Å². The minimum atomic E-state index is -3.01. The molecule has 0 unspecified atom stereocenters. The number of anilines is 1. The average Bonchev–Trinajstić information content (AvgIpc) is 3.25. The molecule has 2 aromatic heterocycles. The molecule has 28 heavy (non-hydrogen) atoms. The highest BCUT2D eigenvalue weighted by molar-refractivity contribution is 9.10. The zero-order chi connectivity index (χ0) is 19.9. The summed E-state index contributed by atoms with van der Waals surface area (Å²) in [7, 11) is -3.01. The van der Waals surface area contributed by atoms with Gasteiger partial charge >= 0.3 is 5.76 Å². The van der Waals surface area contributed by atoms with Crippen LogP contribution < -0.4 is 11.1 Å². The summed E-state index contributed by atoms with van der Waals surface area (Å²) in [4.78, 5) is 12.2. The maximum absolute atomic E-state index is 13.5. The second-order valence-corrected chi connectivity index (χ2v) is 9.40. The quantitative estimate of drug-likeness (QED) is 0.601. The Labute approximate surface area is 165 Å². The van der Waals surface area contributed by atoms with Crippen LogP contribution in [0.4, 0.5) is 10.2 Å². The molecule has 4 rings (SSSR count). The van der Waals surface area contributed by atoms with Crippen LogP contribution in [0.1, 0.15) is 12.8 Å². The van der Waals surface area contributed by atoms with E-state index < -0.39 is 21.4 Å². The van der Waals surface area contributed by atoms with Crippen molar-refractivity contribution < 1.29 is 22.0 Å². The Morgan fingerprint density at radius 3 is 2.68 bits per heavy atom. The molecule has 0 spiro atoms. The SMILES string of the molecule is O=c1onc(-c2nonc2NC2CCS(=O)(=O)CC2)n1-c1ccc(F)c(Br)c1. The minimum Gasteiger partial charge on any atom is -0.362 e. The third kappa shape index (κ3) is 3.58. The van der Waals surface area contributed by atoms with Gasteiger partial charge < -0.3 is 5.32 Å². The molecule has 3 heterocycles. The summed E-state index contributed by atoms with van der Waals surface area (Å²) in [6.07, 6.45) is 0.816. The highest BCUT2D eigenvalue weighted by atomic mass is 79.9. The third-order valence-corrected chi connectivity index (χ3v) is 6.68. The van der Waals surface area contributed by atoms with E-state index in [0.29, 0.717) is 18.5 Å². The maximum Gasteiger partial charge on any atom is 0.446 e. The van der Waals surface area contributed by atoms with Crippen LogP contribution in [0.5, 0.6) is 0 Å². The summed E-state index contributed by atoms with van der Waals surface area (Å²) >= 11 is 3.07. The monoisotopic (exact) mass is 473 g/mol. The molecule has 10 nitrogen and oxygen atoms in total. The Balaban J connectivity index is 1.68. The fourth-order valence-corrected chi connectivity index (χ4v) is 4.77. The molecule has 0 atom stereocenters. The fraction of sp³-hybridized carbons (Fsp3) is 0.333. The van der Waals surface area contributed by atoms with Gasteiger partial charge in [-0.2, -0.15) is 0 Å². The molecule has 0 bridgehead atoms. The summed E-state index contributed by atoms with van der Waals surface area (Å²) in [5.41, 5.74) is 0.409. The van der Waals surface area contributed by atoms with Crippen molar-refractivity contribution in [2.45, 2.75) is 18.9 Å². The Morgan fingerprint density at radius 1 is 1.21 bits per heavy atom. The molecule has 3 aromatic rings. The summed E-state index contributed by atoms with van der Waals surface area (Å²) in [5.74, 6) is -0.936. The van der Waals surface area contributed by atoms with E-state index in [0.717, 1.165) is 4.57 Å².